The van der Waals surface area contributed by atoms with Crippen LogP contribution in [0, 0.1) is 0 Å². The van der Waals surface area contributed by atoms with E-state index in [4.69, 9.17) is 5.73 Å². The molecular weight excluding hydrogens is 414 g/mol. The molecule has 3 aromatic rings. The number of amides is 2. The smallest absolute Gasteiger partial charge is 0.323 e. The topological polar surface area (TPSA) is 102 Å². The van der Waals surface area contributed by atoms with Gasteiger partial charge in [0.15, 0.2) is 5.82 Å². The molecule has 2 amide bonds. The minimum Gasteiger partial charge on any atom is -0.334 e. The first-order valence-electron chi connectivity index (χ1n) is 10.3. The summed E-state index contributed by atoms with van der Waals surface area (Å²) in [6.45, 7) is 0.462. The van der Waals surface area contributed by atoms with E-state index in [9.17, 15) is 4.79 Å². The van der Waals surface area contributed by atoms with Crippen LogP contribution < -0.4 is 16.0 Å². The summed E-state index contributed by atoms with van der Waals surface area (Å²) in [4.78, 5) is 14.9. The van der Waals surface area contributed by atoms with Gasteiger partial charge in [-0.1, -0.05) is 30.3 Å². The average molecular weight is 442 g/mol. The predicted octanol–water partition coefficient (Wildman–Crippen LogP) is 3.29. The number of benzene rings is 1. The van der Waals surface area contributed by atoms with Gasteiger partial charge in [-0.15, -0.1) is 22.6 Å². The summed E-state index contributed by atoms with van der Waals surface area (Å²) in [5, 5.41) is 15.9. The van der Waals surface area contributed by atoms with E-state index in [1.165, 1.54) is 0 Å². The molecule has 2 aromatic heterocycles. The van der Waals surface area contributed by atoms with Crippen LogP contribution >= 0.6 is 12.4 Å². The van der Waals surface area contributed by atoms with Crippen LogP contribution in [0.5, 0.6) is 0 Å². The Kier molecular flexibility index (Phi) is 7.59. The molecule has 164 valence electrons. The largest absolute Gasteiger partial charge is 0.334 e. The van der Waals surface area contributed by atoms with Gasteiger partial charge in [0.2, 0.25) is 0 Å². The highest BCUT2D eigenvalue weighted by Crippen LogP contribution is 2.27. The summed E-state index contributed by atoms with van der Waals surface area (Å²) < 4.78 is 1.72. The van der Waals surface area contributed by atoms with E-state index in [1.807, 2.05) is 55.7 Å². The van der Waals surface area contributed by atoms with E-state index in [1.54, 1.807) is 15.8 Å². The normalized spacial score (nSPS) is 18.1. The van der Waals surface area contributed by atoms with E-state index in [0.29, 0.717) is 12.4 Å². The molecule has 8 nitrogen and oxygen atoms in total. The number of nitrogens with one attached hydrogen (secondary N) is 1. The van der Waals surface area contributed by atoms with Crippen molar-refractivity contribution < 1.29 is 4.79 Å². The van der Waals surface area contributed by atoms with E-state index >= 15 is 0 Å². The Morgan fingerprint density at radius 1 is 1.13 bits per heavy atom. The molecule has 1 aliphatic carbocycles. The minimum absolute atomic E-state index is 0. The number of nitrogens with two attached hydrogens (primary N) is 1. The molecule has 1 fully saturated rings. The Bertz CT molecular complexity index is 969. The number of hydrogen-bond donors (Lipinski definition) is 2. The van der Waals surface area contributed by atoms with E-state index in [2.05, 4.69) is 20.6 Å². The summed E-state index contributed by atoms with van der Waals surface area (Å²) in [5.74, 6) is 0.550. The van der Waals surface area contributed by atoms with Crippen molar-refractivity contribution in [3.8, 4) is 11.3 Å². The fourth-order valence-corrected chi connectivity index (χ4v) is 3.84. The zero-order valence-corrected chi connectivity index (χ0v) is 18.3. The number of carbonyl (C=O) groups excluding carboxylic acids is 1. The molecule has 3 N–H and O–H groups in total. The van der Waals surface area contributed by atoms with Crippen LogP contribution in [0.2, 0.25) is 0 Å². The third-order valence-electron chi connectivity index (χ3n) is 5.51. The molecule has 0 atom stereocenters. The van der Waals surface area contributed by atoms with Crippen LogP contribution in [-0.2, 0) is 13.6 Å². The number of nitrogens with zero attached hydrogens (tertiary/aromatic N) is 5. The van der Waals surface area contributed by atoms with Gasteiger partial charge in [0.05, 0.1) is 11.9 Å². The van der Waals surface area contributed by atoms with Crippen molar-refractivity contribution in [1.82, 2.24) is 25.3 Å². The second-order valence-corrected chi connectivity index (χ2v) is 7.76. The lowest BCUT2D eigenvalue weighted by molar-refractivity contribution is 0.239. The number of aryl methyl sites for hydroxylation is 1. The molecule has 1 aromatic carbocycles. The summed E-state index contributed by atoms with van der Waals surface area (Å²) in [5.41, 5.74) is 8.74. The molecule has 0 bridgehead atoms. The second-order valence-electron chi connectivity index (χ2n) is 7.76. The van der Waals surface area contributed by atoms with Crippen LogP contribution in [0.3, 0.4) is 0 Å². The van der Waals surface area contributed by atoms with Crippen LogP contribution in [0.25, 0.3) is 11.3 Å². The van der Waals surface area contributed by atoms with Crippen molar-refractivity contribution in [2.75, 3.05) is 4.90 Å². The van der Waals surface area contributed by atoms with Gasteiger partial charge in [0.1, 0.15) is 0 Å². The maximum Gasteiger partial charge on any atom is 0.323 e. The number of carbonyl (C=O) groups is 1. The van der Waals surface area contributed by atoms with Crippen molar-refractivity contribution in [3.63, 3.8) is 0 Å². The maximum atomic E-state index is 13.2. The summed E-state index contributed by atoms with van der Waals surface area (Å²) in [7, 11) is 1.86. The van der Waals surface area contributed by atoms with Crippen molar-refractivity contribution in [2.45, 2.75) is 44.3 Å². The Hall–Kier alpha value is -2.97. The maximum absolute atomic E-state index is 13.2. The average Bonchev–Trinajstić information content (AvgIpc) is 3.21. The standard InChI is InChI=1S/C22H27N7O.ClH/c1-28-15-17(14-25-28)20-11-12-21(27-26-20)29(19-9-7-18(23)8-10-19)22(30)24-13-16-5-3-2-4-6-16;/h2-6,11-12,14-15,18-19H,7-10,13,23H2,1H3,(H,24,30);1H/t18-,19-;. The molecule has 9 heteroatoms. The summed E-state index contributed by atoms with van der Waals surface area (Å²) >= 11 is 0. The Balaban J connectivity index is 0.00000272. The fourth-order valence-electron chi connectivity index (χ4n) is 3.84. The van der Waals surface area contributed by atoms with Crippen LogP contribution in [0.4, 0.5) is 10.6 Å². The molecule has 1 aliphatic rings. The quantitative estimate of drug-likeness (QED) is 0.632. The second kappa shape index (κ2) is 10.4. The van der Waals surface area contributed by atoms with Crippen LogP contribution in [0.1, 0.15) is 31.2 Å². The van der Waals surface area contributed by atoms with Gasteiger partial charge in [-0.2, -0.15) is 5.10 Å². The first-order chi connectivity index (χ1) is 14.6. The molecule has 2 heterocycles. The van der Waals surface area contributed by atoms with E-state index < -0.39 is 0 Å². The highest BCUT2D eigenvalue weighted by atomic mass is 35.5. The van der Waals surface area contributed by atoms with Crippen molar-refractivity contribution >= 4 is 24.3 Å². The Labute approximate surface area is 188 Å². The highest BCUT2D eigenvalue weighted by molar-refractivity contribution is 5.91. The van der Waals surface area contributed by atoms with Gasteiger partial charge in [0, 0.05) is 37.4 Å². The lowest BCUT2D eigenvalue weighted by Gasteiger charge is -2.35. The lowest BCUT2D eigenvalue weighted by atomic mass is 9.91. The van der Waals surface area contributed by atoms with Gasteiger partial charge in [-0.3, -0.25) is 9.58 Å². The zero-order valence-electron chi connectivity index (χ0n) is 17.5. The lowest BCUT2D eigenvalue weighted by Crippen LogP contribution is -2.49. The first-order valence-corrected chi connectivity index (χ1v) is 10.3. The molecule has 4 rings (SSSR count). The Morgan fingerprint density at radius 3 is 2.48 bits per heavy atom. The zero-order chi connectivity index (χ0) is 20.9. The number of halogens is 1. The van der Waals surface area contributed by atoms with Crippen molar-refractivity contribution in [2.24, 2.45) is 12.8 Å². The van der Waals surface area contributed by atoms with E-state index in [0.717, 1.165) is 42.5 Å². The fraction of sp³-hybridized carbons (Fsp3) is 0.364. The van der Waals surface area contributed by atoms with E-state index in [-0.39, 0.29) is 30.5 Å². The number of hydrogen-bond acceptors (Lipinski definition) is 5. The molecule has 0 aliphatic heterocycles. The van der Waals surface area contributed by atoms with Gasteiger partial charge in [0.25, 0.3) is 0 Å². The van der Waals surface area contributed by atoms with Crippen molar-refractivity contribution in [3.05, 3.63) is 60.4 Å². The number of anilines is 1. The number of aromatic nitrogens is 4. The molecule has 31 heavy (non-hydrogen) atoms. The summed E-state index contributed by atoms with van der Waals surface area (Å²) in [6, 6.07) is 13.7. The molecule has 0 unspecified atom stereocenters. The summed E-state index contributed by atoms with van der Waals surface area (Å²) in [6.07, 6.45) is 7.13. The first kappa shape index (κ1) is 22.7. The molecular formula is C22H28ClN7O. The SMILES string of the molecule is Cl.Cn1cc(-c2ccc(N(C(=O)NCc3ccccc3)[C@H]3CC[C@H](N)CC3)nn2)cn1. The van der Waals surface area contributed by atoms with Gasteiger partial charge in [-0.05, 0) is 43.4 Å². The van der Waals surface area contributed by atoms with Crippen molar-refractivity contribution in [1.29, 1.82) is 0 Å². The third kappa shape index (κ3) is 5.59. The molecule has 1 saturated carbocycles. The highest BCUT2D eigenvalue weighted by Gasteiger charge is 2.30. The van der Waals surface area contributed by atoms with Gasteiger partial charge in [-0.25, -0.2) is 4.79 Å². The van der Waals surface area contributed by atoms with Gasteiger partial charge < -0.3 is 11.1 Å². The van der Waals surface area contributed by atoms with Gasteiger partial charge >= 0.3 is 6.03 Å². The predicted molar refractivity (Wildman–Crippen MR) is 123 cm³/mol. The minimum atomic E-state index is -0.164. The Morgan fingerprint density at radius 2 is 1.87 bits per heavy atom. The monoisotopic (exact) mass is 441 g/mol. The molecule has 0 radical (unpaired) electrons. The molecule has 0 saturated heterocycles. The van der Waals surface area contributed by atoms with Crippen LogP contribution in [0.15, 0.2) is 54.9 Å². The number of urea groups is 1. The third-order valence-corrected chi connectivity index (χ3v) is 5.51. The molecule has 0 spiro atoms. The number of rotatable bonds is 5. The van der Waals surface area contributed by atoms with Crippen LogP contribution in [-0.4, -0.2) is 38.1 Å².